The molecule has 0 atom stereocenters. The number of H-pyrrole nitrogens is 1. The highest BCUT2D eigenvalue weighted by atomic mass is 16.5. The molecule has 8 nitrogen and oxygen atoms in total. The molecule has 0 radical (unpaired) electrons. The summed E-state index contributed by atoms with van der Waals surface area (Å²) in [6.07, 6.45) is 2.69. The van der Waals surface area contributed by atoms with Crippen molar-refractivity contribution in [2.75, 3.05) is 41.4 Å². The average Bonchev–Trinajstić information content (AvgIpc) is 3.27. The van der Waals surface area contributed by atoms with E-state index in [1.54, 1.807) is 38.1 Å². The Labute approximate surface area is 207 Å². The van der Waals surface area contributed by atoms with Crippen LogP contribution in [-0.4, -0.2) is 79.1 Å². The van der Waals surface area contributed by atoms with Crippen molar-refractivity contribution >= 4 is 22.8 Å². The van der Waals surface area contributed by atoms with E-state index < -0.39 is 0 Å². The molecule has 0 bridgehead atoms. The highest BCUT2D eigenvalue weighted by Crippen LogP contribution is 2.28. The number of aromatic amines is 1. The summed E-state index contributed by atoms with van der Waals surface area (Å²) < 4.78 is 10.8. The predicted octanol–water partition coefficient (Wildman–Crippen LogP) is 4.15. The van der Waals surface area contributed by atoms with E-state index in [1.165, 1.54) is 4.90 Å². The zero-order chi connectivity index (χ0) is 25.5. The number of rotatable bonds is 10. The third-order valence-electron chi connectivity index (χ3n) is 6.06. The van der Waals surface area contributed by atoms with Gasteiger partial charge in [-0.25, -0.2) is 4.79 Å². The van der Waals surface area contributed by atoms with E-state index in [9.17, 15) is 9.59 Å². The van der Waals surface area contributed by atoms with Crippen molar-refractivity contribution in [1.82, 2.24) is 19.7 Å². The van der Waals surface area contributed by atoms with Crippen molar-refractivity contribution in [2.24, 2.45) is 0 Å². The average molecular weight is 481 g/mol. The minimum Gasteiger partial charge on any atom is -0.493 e. The summed E-state index contributed by atoms with van der Waals surface area (Å²) in [4.78, 5) is 34.4. The third-order valence-corrected chi connectivity index (χ3v) is 6.06. The minimum atomic E-state index is -0.184. The lowest BCUT2D eigenvalue weighted by molar-refractivity contribution is -0.132. The fourth-order valence-corrected chi connectivity index (χ4v) is 4.06. The fraction of sp³-hybridized carbons (Fsp3) is 0.407. The fourth-order valence-electron chi connectivity index (χ4n) is 4.06. The van der Waals surface area contributed by atoms with E-state index in [0.717, 1.165) is 22.0 Å². The topological polar surface area (TPSA) is 78.1 Å². The van der Waals surface area contributed by atoms with Crippen LogP contribution in [0.1, 0.15) is 25.0 Å². The van der Waals surface area contributed by atoms with Gasteiger partial charge in [0.05, 0.1) is 14.2 Å². The molecule has 8 heteroatoms. The summed E-state index contributed by atoms with van der Waals surface area (Å²) >= 11 is 0. The first-order valence-electron chi connectivity index (χ1n) is 11.8. The van der Waals surface area contributed by atoms with Gasteiger partial charge in [0.15, 0.2) is 11.5 Å². The first-order chi connectivity index (χ1) is 16.7. The molecule has 0 aliphatic rings. The van der Waals surface area contributed by atoms with Crippen molar-refractivity contribution in [3.05, 3.63) is 59.8 Å². The molecule has 0 spiro atoms. The Morgan fingerprint density at radius 1 is 1.00 bits per heavy atom. The normalized spacial score (nSPS) is 10.9. The van der Waals surface area contributed by atoms with Crippen molar-refractivity contribution in [3.8, 4) is 11.5 Å². The first-order valence-corrected chi connectivity index (χ1v) is 11.8. The van der Waals surface area contributed by atoms with Crippen LogP contribution in [-0.2, 0) is 17.8 Å². The number of benzene rings is 2. The summed E-state index contributed by atoms with van der Waals surface area (Å²) in [6.45, 7) is 4.75. The van der Waals surface area contributed by atoms with Gasteiger partial charge in [-0.2, -0.15) is 0 Å². The molecule has 3 amide bonds. The zero-order valence-corrected chi connectivity index (χ0v) is 21.5. The second-order valence-electron chi connectivity index (χ2n) is 9.01. The van der Waals surface area contributed by atoms with Crippen LogP contribution in [0.25, 0.3) is 10.9 Å². The third kappa shape index (κ3) is 6.26. The van der Waals surface area contributed by atoms with Crippen LogP contribution in [0.5, 0.6) is 11.5 Å². The standard InChI is InChI=1S/C27H36N4O4/c1-19(2)31(27(33)29(3)4)18-26(32)30(17-20-11-12-24(34-5)25(15-20)35-6)14-13-21-16-28-23-10-8-7-9-22(21)23/h7-12,15-16,19,28H,13-14,17-18H2,1-6H3. The number of hydrogen-bond donors (Lipinski definition) is 1. The van der Waals surface area contributed by atoms with E-state index in [4.69, 9.17) is 9.47 Å². The van der Waals surface area contributed by atoms with E-state index in [0.29, 0.717) is 31.0 Å². The Bertz CT molecular complexity index is 1160. The lowest BCUT2D eigenvalue weighted by Gasteiger charge is -2.32. The largest absolute Gasteiger partial charge is 0.493 e. The van der Waals surface area contributed by atoms with Crippen LogP contribution in [0.4, 0.5) is 4.79 Å². The van der Waals surface area contributed by atoms with Gasteiger partial charge in [0.2, 0.25) is 5.91 Å². The van der Waals surface area contributed by atoms with Crippen molar-refractivity contribution in [1.29, 1.82) is 0 Å². The van der Waals surface area contributed by atoms with Crippen LogP contribution in [0.15, 0.2) is 48.7 Å². The number of amides is 3. The number of methoxy groups -OCH3 is 2. The summed E-state index contributed by atoms with van der Waals surface area (Å²) in [6, 6.07) is 13.5. The van der Waals surface area contributed by atoms with Gasteiger partial charge in [0.25, 0.3) is 0 Å². The van der Waals surface area contributed by atoms with E-state index in [-0.39, 0.29) is 24.5 Å². The maximum absolute atomic E-state index is 13.5. The van der Waals surface area contributed by atoms with Gasteiger partial charge in [-0.1, -0.05) is 24.3 Å². The lowest BCUT2D eigenvalue weighted by atomic mass is 10.1. The number of para-hydroxylation sites is 1. The monoisotopic (exact) mass is 480 g/mol. The van der Waals surface area contributed by atoms with Gasteiger partial charge in [0.1, 0.15) is 6.54 Å². The number of ether oxygens (including phenoxy) is 2. The van der Waals surface area contributed by atoms with Gasteiger partial charge in [-0.15, -0.1) is 0 Å². The van der Waals surface area contributed by atoms with E-state index in [2.05, 4.69) is 11.1 Å². The highest BCUT2D eigenvalue weighted by Gasteiger charge is 2.25. The second kappa shape index (κ2) is 11.6. The summed E-state index contributed by atoms with van der Waals surface area (Å²) in [5.74, 6) is 1.14. The molecule has 2 aromatic carbocycles. The molecule has 1 heterocycles. The first kappa shape index (κ1) is 25.9. The van der Waals surface area contributed by atoms with Crippen LogP contribution < -0.4 is 9.47 Å². The Balaban J connectivity index is 1.85. The molecule has 0 aliphatic carbocycles. The number of nitrogens with one attached hydrogen (secondary N) is 1. The molecular weight excluding hydrogens is 444 g/mol. The zero-order valence-electron chi connectivity index (χ0n) is 21.5. The molecule has 0 saturated heterocycles. The molecular formula is C27H36N4O4. The number of fused-ring (bicyclic) bond motifs is 1. The van der Waals surface area contributed by atoms with Crippen molar-refractivity contribution < 1.29 is 19.1 Å². The predicted molar refractivity (Wildman–Crippen MR) is 138 cm³/mol. The summed E-state index contributed by atoms with van der Waals surface area (Å²) in [5.41, 5.74) is 3.14. The molecule has 0 fully saturated rings. The van der Waals surface area contributed by atoms with Crippen molar-refractivity contribution in [3.63, 3.8) is 0 Å². The van der Waals surface area contributed by atoms with Crippen LogP contribution in [0.3, 0.4) is 0 Å². The van der Waals surface area contributed by atoms with Gasteiger partial charge in [0, 0.05) is 50.3 Å². The molecule has 3 aromatic rings. The molecule has 3 rings (SSSR count). The maximum atomic E-state index is 13.5. The molecule has 188 valence electrons. The lowest BCUT2D eigenvalue weighted by Crippen LogP contribution is -2.49. The minimum absolute atomic E-state index is 0.00978. The van der Waals surface area contributed by atoms with Gasteiger partial charge in [-0.3, -0.25) is 4.79 Å². The Morgan fingerprint density at radius 3 is 2.37 bits per heavy atom. The van der Waals surface area contributed by atoms with E-state index in [1.807, 2.05) is 56.4 Å². The summed E-state index contributed by atoms with van der Waals surface area (Å²) in [7, 11) is 6.58. The Morgan fingerprint density at radius 2 is 1.71 bits per heavy atom. The molecule has 0 saturated carbocycles. The number of carbonyl (C=O) groups is 2. The van der Waals surface area contributed by atoms with Crippen LogP contribution in [0.2, 0.25) is 0 Å². The second-order valence-corrected chi connectivity index (χ2v) is 9.01. The maximum Gasteiger partial charge on any atom is 0.320 e. The summed E-state index contributed by atoms with van der Waals surface area (Å²) in [5, 5.41) is 1.15. The number of nitrogens with zero attached hydrogens (tertiary/aromatic N) is 3. The molecule has 0 unspecified atom stereocenters. The van der Waals surface area contributed by atoms with Crippen LogP contribution >= 0.6 is 0 Å². The van der Waals surface area contributed by atoms with Crippen LogP contribution in [0, 0.1) is 0 Å². The van der Waals surface area contributed by atoms with E-state index >= 15 is 0 Å². The smallest absolute Gasteiger partial charge is 0.320 e. The number of hydrogen-bond acceptors (Lipinski definition) is 4. The molecule has 35 heavy (non-hydrogen) atoms. The van der Waals surface area contributed by atoms with Gasteiger partial charge in [-0.05, 0) is 49.6 Å². The number of urea groups is 1. The Kier molecular flexibility index (Phi) is 8.63. The SMILES string of the molecule is COc1ccc(CN(CCc2c[nH]c3ccccc23)C(=O)CN(C(=O)N(C)C)C(C)C)cc1OC. The molecule has 1 N–H and O–H groups in total. The van der Waals surface area contributed by atoms with Crippen molar-refractivity contribution in [2.45, 2.75) is 32.9 Å². The molecule has 1 aromatic heterocycles. The quantitative estimate of drug-likeness (QED) is 0.473. The van der Waals surface area contributed by atoms with Gasteiger partial charge >= 0.3 is 6.03 Å². The van der Waals surface area contributed by atoms with Gasteiger partial charge < -0.3 is 29.2 Å². The highest BCUT2D eigenvalue weighted by molar-refractivity contribution is 5.85. The molecule has 0 aliphatic heterocycles. The number of carbonyl (C=O) groups excluding carboxylic acids is 2. The number of aromatic nitrogens is 1. The Hall–Kier alpha value is -3.68.